The van der Waals surface area contributed by atoms with Crippen LogP contribution < -0.4 is 0 Å². The smallest absolute Gasteiger partial charge is 0.0320 e. The van der Waals surface area contributed by atoms with Crippen molar-refractivity contribution < 1.29 is 0 Å². The van der Waals surface area contributed by atoms with Gasteiger partial charge in [-0.3, -0.25) is 0 Å². The Bertz CT molecular complexity index is 275. The molecule has 0 aliphatic heterocycles. The van der Waals surface area contributed by atoms with Gasteiger partial charge in [-0.25, -0.2) is 0 Å². The molecule has 1 rings (SSSR count). The first-order chi connectivity index (χ1) is 7.05. The van der Waals surface area contributed by atoms with Crippen molar-refractivity contribution in [3.05, 3.63) is 23.3 Å². The Kier molecular flexibility index (Phi) is 4.45. The number of halogens is 1. The molecule has 0 aromatic carbocycles. The summed E-state index contributed by atoms with van der Waals surface area (Å²) in [6.45, 7) is 9.01. The Morgan fingerprint density at radius 1 is 1.47 bits per heavy atom. The fourth-order valence-corrected chi connectivity index (χ4v) is 2.85. The molecule has 86 valence electrons. The molecule has 0 aromatic rings. The summed E-state index contributed by atoms with van der Waals surface area (Å²) in [5, 5.41) is 0. The Balaban J connectivity index is 2.86. The van der Waals surface area contributed by atoms with Gasteiger partial charge in [0.05, 0.1) is 0 Å². The van der Waals surface area contributed by atoms with Crippen LogP contribution in [0.2, 0.25) is 0 Å². The third kappa shape index (κ3) is 2.66. The average Bonchev–Trinajstić information content (AvgIpc) is 2.23. The zero-order valence-electron chi connectivity index (χ0n) is 10.4. The highest BCUT2D eigenvalue weighted by molar-refractivity contribution is 6.18. The fraction of sp³-hybridized carbons (Fsp3) is 0.714. The summed E-state index contributed by atoms with van der Waals surface area (Å²) in [6, 6.07) is 0. The molecule has 2 atom stereocenters. The van der Waals surface area contributed by atoms with E-state index in [9.17, 15) is 0 Å². The Morgan fingerprint density at radius 2 is 2.13 bits per heavy atom. The van der Waals surface area contributed by atoms with Gasteiger partial charge in [0, 0.05) is 11.3 Å². The Labute approximate surface area is 99.4 Å². The summed E-state index contributed by atoms with van der Waals surface area (Å²) >= 11 is 6.21. The van der Waals surface area contributed by atoms with Gasteiger partial charge in [0.25, 0.3) is 0 Å². The number of rotatable bonds is 4. The quantitative estimate of drug-likeness (QED) is 0.596. The van der Waals surface area contributed by atoms with E-state index in [4.69, 9.17) is 11.6 Å². The van der Waals surface area contributed by atoms with Crippen LogP contribution in [0.25, 0.3) is 0 Å². The maximum atomic E-state index is 6.21. The molecule has 0 heterocycles. The fourth-order valence-electron chi connectivity index (χ4n) is 2.41. The summed E-state index contributed by atoms with van der Waals surface area (Å²) in [5.74, 6) is 1.43. The molecular weight excluding hydrogens is 204 g/mol. The topological polar surface area (TPSA) is 0 Å². The number of allylic oxidation sites excluding steroid dienone is 4. The lowest BCUT2D eigenvalue weighted by Gasteiger charge is -2.38. The number of alkyl halides is 1. The van der Waals surface area contributed by atoms with E-state index in [0.29, 0.717) is 5.92 Å². The molecule has 0 spiro atoms. The van der Waals surface area contributed by atoms with Gasteiger partial charge in [0.1, 0.15) is 0 Å². The minimum Gasteiger partial charge on any atom is -0.126 e. The van der Waals surface area contributed by atoms with Gasteiger partial charge in [-0.2, -0.15) is 0 Å². The van der Waals surface area contributed by atoms with Gasteiger partial charge in [0.15, 0.2) is 0 Å². The first-order valence-electron chi connectivity index (χ1n) is 5.97. The molecule has 0 fully saturated rings. The van der Waals surface area contributed by atoms with Crippen molar-refractivity contribution in [1.82, 2.24) is 0 Å². The van der Waals surface area contributed by atoms with Crippen molar-refractivity contribution in [3.63, 3.8) is 0 Å². The van der Waals surface area contributed by atoms with Crippen LogP contribution in [0.3, 0.4) is 0 Å². The predicted octanol–water partition coefficient (Wildman–Crippen LogP) is 4.94. The van der Waals surface area contributed by atoms with E-state index >= 15 is 0 Å². The molecule has 0 bridgehead atoms. The number of hydrogen-bond acceptors (Lipinski definition) is 0. The predicted molar refractivity (Wildman–Crippen MR) is 69.4 cm³/mol. The molecule has 1 aliphatic carbocycles. The van der Waals surface area contributed by atoms with Crippen LogP contribution in [-0.2, 0) is 0 Å². The van der Waals surface area contributed by atoms with Crippen LogP contribution in [0, 0.1) is 11.3 Å². The summed E-state index contributed by atoms with van der Waals surface area (Å²) in [6.07, 6.45) is 8.26. The zero-order chi connectivity index (χ0) is 11.5. The largest absolute Gasteiger partial charge is 0.126 e. The number of hydrogen-bond donors (Lipinski definition) is 0. The molecule has 0 saturated heterocycles. The Hall–Kier alpha value is -0.230. The van der Waals surface area contributed by atoms with Crippen molar-refractivity contribution in [3.8, 4) is 0 Å². The summed E-state index contributed by atoms with van der Waals surface area (Å²) in [5.41, 5.74) is 3.13. The second-order valence-electron chi connectivity index (χ2n) is 5.03. The lowest BCUT2D eigenvalue weighted by Crippen LogP contribution is -2.31. The van der Waals surface area contributed by atoms with E-state index in [-0.39, 0.29) is 5.41 Å². The van der Waals surface area contributed by atoms with Crippen molar-refractivity contribution >= 4 is 11.6 Å². The van der Waals surface area contributed by atoms with Gasteiger partial charge in [0.2, 0.25) is 0 Å². The van der Waals surface area contributed by atoms with Gasteiger partial charge in [-0.05, 0) is 26.2 Å². The Morgan fingerprint density at radius 3 is 2.60 bits per heavy atom. The highest BCUT2D eigenvalue weighted by Crippen LogP contribution is 2.43. The normalized spacial score (nSPS) is 28.3. The lowest BCUT2D eigenvalue weighted by atomic mass is 9.69. The molecule has 1 heteroatoms. The molecule has 1 aliphatic rings. The standard InChI is InChI=1S/C14H23Cl/c1-5-6-13(4)14(10-15)8-7-11(2)12(3)9-14/h7-8,13H,5-6,9-10H2,1-4H3. The molecular formula is C14H23Cl. The zero-order valence-corrected chi connectivity index (χ0v) is 11.2. The third-order valence-electron chi connectivity index (χ3n) is 3.88. The van der Waals surface area contributed by atoms with E-state index in [1.54, 1.807) is 0 Å². The second-order valence-corrected chi connectivity index (χ2v) is 5.30. The van der Waals surface area contributed by atoms with Gasteiger partial charge in [-0.15, -0.1) is 11.6 Å². The van der Waals surface area contributed by atoms with Crippen LogP contribution in [0.15, 0.2) is 23.3 Å². The van der Waals surface area contributed by atoms with E-state index in [2.05, 4.69) is 39.8 Å². The summed E-state index contributed by atoms with van der Waals surface area (Å²) in [4.78, 5) is 0. The van der Waals surface area contributed by atoms with E-state index < -0.39 is 0 Å². The molecule has 0 amide bonds. The molecule has 0 saturated carbocycles. The third-order valence-corrected chi connectivity index (χ3v) is 4.38. The lowest BCUT2D eigenvalue weighted by molar-refractivity contribution is 0.257. The van der Waals surface area contributed by atoms with Crippen LogP contribution >= 0.6 is 11.6 Å². The van der Waals surface area contributed by atoms with Crippen molar-refractivity contribution in [2.75, 3.05) is 5.88 Å². The molecule has 15 heavy (non-hydrogen) atoms. The van der Waals surface area contributed by atoms with Crippen molar-refractivity contribution in [2.24, 2.45) is 11.3 Å². The van der Waals surface area contributed by atoms with Gasteiger partial charge >= 0.3 is 0 Å². The molecule has 2 unspecified atom stereocenters. The highest BCUT2D eigenvalue weighted by Gasteiger charge is 2.34. The summed E-state index contributed by atoms with van der Waals surface area (Å²) < 4.78 is 0. The SMILES string of the molecule is CCCC(C)C1(CCl)C=CC(C)=C(C)C1. The minimum absolute atomic E-state index is 0.209. The molecule has 0 N–H and O–H groups in total. The van der Waals surface area contributed by atoms with Crippen LogP contribution in [0.5, 0.6) is 0 Å². The molecule has 0 nitrogen and oxygen atoms in total. The van der Waals surface area contributed by atoms with Gasteiger partial charge < -0.3 is 0 Å². The van der Waals surface area contributed by atoms with Crippen LogP contribution in [-0.4, -0.2) is 5.88 Å². The second kappa shape index (κ2) is 5.21. The maximum Gasteiger partial charge on any atom is 0.0320 e. The highest BCUT2D eigenvalue weighted by atomic mass is 35.5. The van der Waals surface area contributed by atoms with Crippen LogP contribution in [0.1, 0.15) is 47.0 Å². The van der Waals surface area contributed by atoms with Crippen molar-refractivity contribution in [2.45, 2.75) is 47.0 Å². The first-order valence-corrected chi connectivity index (χ1v) is 6.50. The summed E-state index contributed by atoms with van der Waals surface area (Å²) in [7, 11) is 0. The first kappa shape index (κ1) is 12.8. The average molecular weight is 227 g/mol. The maximum absolute atomic E-state index is 6.21. The van der Waals surface area contributed by atoms with E-state index in [0.717, 1.165) is 12.3 Å². The van der Waals surface area contributed by atoms with E-state index in [1.807, 2.05) is 0 Å². The van der Waals surface area contributed by atoms with Crippen molar-refractivity contribution in [1.29, 1.82) is 0 Å². The molecule has 0 aromatic heterocycles. The van der Waals surface area contributed by atoms with Gasteiger partial charge in [-0.1, -0.05) is 50.0 Å². The molecule has 0 radical (unpaired) electrons. The monoisotopic (exact) mass is 226 g/mol. The van der Waals surface area contributed by atoms with Crippen LogP contribution in [0.4, 0.5) is 0 Å². The van der Waals surface area contributed by atoms with E-state index in [1.165, 1.54) is 24.0 Å². The minimum atomic E-state index is 0.209.